The Morgan fingerprint density at radius 3 is 2.19 bits per heavy atom. The van der Waals surface area contributed by atoms with Crippen molar-refractivity contribution >= 4 is 27.8 Å². The molecule has 0 saturated heterocycles. The summed E-state index contributed by atoms with van der Waals surface area (Å²) in [6, 6.07) is 14.5. The molecule has 0 radical (unpaired) electrons. The maximum atomic E-state index is 12.1. The number of nitrogens with zero attached hydrogens (tertiary/aromatic N) is 1. The fraction of sp³-hybridized carbons (Fsp3) is 0.263. The summed E-state index contributed by atoms with van der Waals surface area (Å²) >= 11 is 3.32. The maximum Gasteiger partial charge on any atom is 0.344 e. The van der Waals surface area contributed by atoms with Crippen molar-refractivity contribution in [1.82, 2.24) is 4.90 Å². The molecular weight excluding hydrogens is 402 g/mol. The van der Waals surface area contributed by atoms with Crippen molar-refractivity contribution in [2.45, 2.75) is 6.54 Å². The third kappa shape index (κ3) is 6.40. The number of ether oxygens (including phenoxy) is 3. The van der Waals surface area contributed by atoms with Gasteiger partial charge >= 0.3 is 5.97 Å². The van der Waals surface area contributed by atoms with E-state index in [9.17, 15) is 9.59 Å². The Bertz CT molecular complexity index is 731. The van der Waals surface area contributed by atoms with Gasteiger partial charge in [-0.3, -0.25) is 4.79 Å². The smallest absolute Gasteiger partial charge is 0.344 e. The van der Waals surface area contributed by atoms with Crippen LogP contribution >= 0.6 is 15.9 Å². The number of carbonyl (C=O) groups excluding carboxylic acids is 2. The van der Waals surface area contributed by atoms with E-state index < -0.39 is 5.97 Å². The third-order valence-corrected chi connectivity index (χ3v) is 4.06. The summed E-state index contributed by atoms with van der Waals surface area (Å²) in [5.41, 5.74) is 0.951. The Morgan fingerprint density at radius 1 is 0.962 bits per heavy atom. The van der Waals surface area contributed by atoms with Crippen LogP contribution in [0.3, 0.4) is 0 Å². The van der Waals surface area contributed by atoms with Gasteiger partial charge in [0, 0.05) is 18.1 Å². The Morgan fingerprint density at radius 2 is 1.58 bits per heavy atom. The lowest BCUT2D eigenvalue weighted by molar-refractivity contribution is -0.153. The molecule has 26 heavy (non-hydrogen) atoms. The molecule has 0 bridgehead atoms. The van der Waals surface area contributed by atoms with Gasteiger partial charge in [-0.2, -0.15) is 0 Å². The van der Waals surface area contributed by atoms with E-state index in [4.69, 9.17) is 14.2 Å². The summed E-state index contributed by atoms with van der Waals surface area (Å²) in [5, 5.41) is 0. The van der Waals surface area contributed by atoms with Crippen molar-refractivity contribution in [3.05, 3.63) is 58.6 Å². The molecule has 2 aromatic carbocycles. The minimum absolute atomic E-state index is 0.253. The van der Waals surface area contributed by atoms with Gasteiger partial charge in [0.25, 0.3) is 5.91 Å². The quantitative estimate of drug-likeness (QED) is 0.612. The Balaban J connectivity index is 1.72. The number of halogens is 1. The minimum atomic E-state index is -0.598. The summed E-state index contributed by atoms with van der Waals surface area (Å²) < 4.78 is 16.3. The summed E-state index contributed by atoms with van der Waals surface area (Å²) in [4.78, 5) is 25.3. The van der Waals surface area contributed by atoms with Gasteiger partial charge in [0.15, 0.2) is 13.2 Å². The zero-order valence-electron chi connectivity index (χ0n) is 14.6. The average Bonchev–Trinajstić information content (AvgIpc) is 2.66. The molecule has 0 fully saturated rings. The van der Waals surface area contributed by atoms with Crippen LogP contribution in [0.1, 0.15) is 5.56 Å². The number of hydrogen-bond acceptors (Lipinski definition) is 5. The molecule has 0 aliphatic heterocycles. The number of amides is 1. The molecule has 0 unspecified atom stereocenters. The first-order valence-electron chi connectivity index (χ1n) is 7.89. The molecule has 138 valence electrons. The Kier molecular flexibility index (Phi) is 7.47. The molecule has 0 atom stereocenters. The second-order valence-electron chi connectivity index (χ2n) is 5.50. The lowest BCUT2D eigenvalue weighted by Crippen LogP contribution is -2.31. The lowest BCUT2D eigenvalue weighted by atomic mass is 10.2. The van der Waals surface area contributed by atoms with Crippen molar-refractivity contribution in [2.24, 2.45) is 0 Å². The zero-order valence-corrected chi connectivity index (χ0v) is 16.2. The van der Waals surface area contributed by atoms with Crippen LogP contribution in [-0.4, -0.2) is 44.1 Å². The molecule has 7 heteroatoms. The van der Waals surface area contributed by atoms with Crippen LogP contribution in [0.4, 0.5) is 0 Å². The van der Waals surface area contributed by atoms with E-state index in [1.54, 1.807) is 38.4 Å². The summed E-state index contributed by atoms with van der Waals surface area (Å²) in [6.45, 7) is -0.165. The van der Waals surface area contributed by atoms with Crippen LogP contribution in [0.25, 0.3) is 0 Å². The van der Waals surface area contributed by atoms with Gasteiger partial charge in [0.05, 0.1) is 7.11 Å². The molecule has 0 aromatic heterocycles. The van der Waals surface area contributed by atoms with E-state index in [0.29, 0.717) is 12.3 Å². The molecule has 0 spiro atoms. The number of benzene rings is 2. The van der Waals surface area contributed by atoms with Gasteiger partial charge in [0.1, 0.15) is 11.5 Å². The van der Waals surface area contributed by atoms with Gasteiger partial charge < -0.3 is 19.1 Å². The van der Waals surface area contributed by atoms with E-state index in [0.717, 1.165) is 15.8 Å². The van der Waals surface area contributed by atoms with Crippen molar-refractivity contribution in [2.75, 3.05) is 27.4 Å². The summed E-state index contributed by atoms with van der Waals surface area (Å²) in [7, 11) is 3.25. The van der Waals surface area contributed by atoms with Crippen LogP contribution < -0.4 is 9.47 Å². The summed E-state index contributed by atoms with van der Waals surface area (Å²) in [5.74, 6) is 0.410. The first kappa shape index (κ1) is 19.8. The van der Waals surface area contributed by atoms with Gasteiger partial charge in [-0.15, -0.1) is 0 Å². The highest BCUT2D eigenvalue weighted by Gasteiger charge is 2.13. The van der Waals surface area contributed by atoms with Crippen LogP contribution in [0.2, 0.25) is 0 Å². The fourth-order valence-corrected chi connectivity index (χ4v) is 2.32. The van der Waals surface area contributed by atoms with Gasteiger partial charge in [-0.25, -0.2) is 4.79 Å². The second kappa shape index (κ2) is 9.82. The van der Waals surface area contributed by atoms with Gasteiger partial charge in [-0.05, 0) is 42.0 Å². The average molecular weight is 422 g/mol. The van der Waals surface area contributed by atoms with E-state index >= 15 is 0 Å². The van der Waals surface area contributed by atoms with Crippen LogP contribution in [0, 0.1) is 0 Å². The molecule has 0 heterocycles. The molecule has 0 saturated carbocycles. The van der Waals surface area contributed by atoms with E-state index in [1.807, 2.05) is 24.3 Å². The SMILES string of the molecule is COc1ccc(CN(C)C(=O)COC(=O)COc2ccc(Br)cc2)cc1. The number of carbonyl (C=O) groups is 2. The molecule has 2 rings (SSSR count). The lowest BCUT2D eigenvalue weighted by Gasteiger charge is -2.17. The van der Waals surface area contributed by atoms with Gasteiger partial charge in [0.2, 0.25) is 0 Å². The van der Waals surface area contributed by atoms with Crippen molar-refractivity contribution in [1.29, 1.82) is 0 Å². The predicted molar refractivity (Wildman–Crippen MR) is 100 cm³/mol. The van der Waals surface area contributed by atoms with E-state index in [-0.39, 0.29) is 19.1 Å². The molecule has 6 nitrogen and oxygen atoms in total. The normalized spacial score (nSPS) is 10.1. The van der Waals surface area contributed by atoms with E-state index in [1.165, 1.54) is 4.90 Å². The monoisotopic (exact) mass is 421 g/mol. The van der Waals surface area contributed by atoms with Crippen LogP contribution in [0.5, 0.6) is 11.5 Å². The standard InChI is InChI=1S/C19H20BrNO5/c1-21(11-14-3-7-16(24-2)8-4-14)18(22)12-26-19(23)13-25-17-9-5-15(20)6-10-17/h3-10H,11-13H2,1-2H3. The number of esters is 1. The molecule has 1 amide bonds. The highest BCUT2D eigenvalue weighted by molar-refractivity contribution is 9.10. The molecule has 0 aliphatic rings. The maximum absolute atomic E-state index is 12.1. The number of hydrogen-bond donors (Lipinski definition) is 0. The second-order valence-corrected chi connectivity index (χ2v) is 6.42. The van der Waals surface area contributed by atoms with Crippen LogP contribution in [0.15, 0.2) is 53.0 Å². The first-order valence-corrected chi connectivity index (χ1v) is 8.68. The molecular formula is C19H20BrNO5. The number of rotatable bonds is 8. The summed E-state index contributed by atoms with van der Waals surface area (Å²) in [6.07, 6.45) is 0. The largest absolute Gasteiger partial charge is 0.497 e. The fourth-order valence-electron chi connectivity index (χ4n) is 2.06. The van der Waals surface area contributed by atoms with Crippen molar-refractivity contribution in [3.8, 4) is 11.5 Å². The zero-order chi connectivity index (χ0) is 18.9. The molecule has 0 N–H and O–H groups in total. The number of likely N-dealkylation sites (N-methyl/N-ethyl adjacent to an activating group) is 1. The highest BCUT2D eigenvalue weighted by Crippen LogP contribution is 2.16. The minimum Gasteiger partial charge on any atom is -0.497 e. The van der Waals surface area contributed by atoms with E-state index in [2.05, 4.69) is 15.9 Å². The Hall–Kier alpha value is -2.54. The third-order valence-electron chi connectivity index (χ3n) is 3.53. The van der Waals surface area contributed by atoms with Crippen molar-refractivity contribution in [3.63, 3.8) is 0 Å². The first-order chi connectivity index (χ1) is 12.5. The molecule has 0 aliphatic carbocycles. The number of methoxy groups -OCH3 is 1. The predicted octanol–water partition coefficient (Wildman–Crippen LogP) is 3.04. The topological polar surface area (TPSA) is 65.1 Å². The molecule has 2 aromatic rings. The Labute approximate surface area is 160 Å². The van der Waals surface area contributed by atoms with Gasteiger partial charge in [-0.1, -0.05) is 28.1 Å². The van der Waals surface area contributed by atoms with Crippen LogP contribution in [-0.2, 0) is 20.9 Å². The highest BCUT2D eigenvalue weighted by atomic mass is 79.9. The van der Waals surface area contributed by atoms with Crippen molar-refractivity contribution < 1.29 is 23.8 Å².